The molecule has 0 radical (unpaired) electrons. The standard InChI is InChI=1S/C29H31F2N3O6/c1-17(2)10-25(29(36)37)40-27-24(31)15-23(30)26(33-27)39-22-13-20(19-5-3-4-18(11-19)16-32)12-21(14-22)28(35)34-6-8-38-9-7-34/h3-5,11-15,17,25H,6-10,16,32H2,1-2H3,(H,36,37)/t25-/m1/s1. The molecule has 3 aromatic rings. The number of carboxylic acids is 1. The molecule has 1 aromatic heterocycles. The van der Waals surface area contributed by atoms with Crippen LogP contribution in [0.5, 0.6) is 17.5 Å². The number of carbonyl (C=O) groups excluding carboxylic acids is 1. The van der Waals surface area contributed by atoms with Crippen molar-refractivity contribution in [3.8, 4) is 28.6 Å². The summed E-state index contributed by atoms with van der Waals surface area (Å²) in [6, 6.07) is 12.7. The molecule has 0 spiro atoms. The van der Waals surface area contributed by atoms with Crippen LogP contribution in [0.1, 0.15) is 36.2 Å². The van der Waals surface area contributed by atoms with Crippen LogP contribution in [-0.4, -0.2) is 59.3 Å². The Labute approximate surface area is 230 Å². The second-order valence-corrected chi connectivity index (χ2v) is 9.79. The van der Waals surface area contributed by atoms with Gasteiger partial charge in [-0.05, 0) is 53.3 Å². The summed E-state index contributed by atoms with van der Waals surface area (Å²) in [5, 5.41) is 9.47. The number of carbonyl (C=O) groups is 2. The van der Waals surface area contributed by atoms with Crippen LogP contribution >= 0.6 is 0 Å². The summed E-state index contributed by atoms with van der Waals surface area (Å²) in [5.41, 5.74) is 8.31. The molecule has 2 heterocycles. The normalized spacial score (nSPS) is 14.2. The average Bonchev–Trinajstić information content (AvgIpc) is 2.94. The SMILES string of the molecule is CC(C)C[C@@H](Oc1nc(Oc2cc(C(=O)N3CCOCC3)cc(-c3cccc(CN)c3)c2)c(F)cc1F)C(=O)O. The fourth-order valence-electron chi connectivity index (χ4n) is 4.24. The molecule has 212 valence electrons. The summed E-state index contributed by atoms with van der Waals surface area (Å²) >= 11 is 0. The number of benzene rings is 2. The van der Waals surface area contributed by atoms with Crippen molar-refractivity contribution in [2.24, 2.45) is 11.7 Å². The Morgan fingerprint density at radius 2 is 1.77 bits per heavy atom. The number of morpholine rings is 1. The molecule has 4 rings (SSSR count). The van der Waals surface area contributed by atoms with E-state index in [1.807, 2.05) is 24.3 Å². The lowest BCUT2D eigenvalue weighted by Gasteiger charge is -2.27. The van der Waals surface area contributed by atoms with Crippen LogP contribution in [0.3, 0.4) is 0 Å². The van der Waals surface area contributed by atoms with Crippen molar-refractivity contribution in [1.29, 1.82) is 0 Å². The van der Waals surface area contributed by atoms with Gasteiger partial charge in [-0.3, -0.25) is 4.79 Å². The molecular formula is C29H31F2N3O6. The third-order valence-corrected chi connectivity index (χ3v) is 6.24. The molecule has 40 heavy (non-hydrogen) atoms. The van der Waals surface area contributed by atoms with Crippen LogP contribution in [-0.2, 0) is 16.1 Å². The first-order valence-electron chi connectivity index (χ1n) is 12.9. The number of nitrogens with zero attached hydrogens (tertiary/aromatic N) is 2. The topological polar surface area (TPSA) is 124 Å². The quantitative estimate of drug-likeness (QED) is 0.371. The zero-order valence-electron chi connectivity index (χ0n) is 22.2. The van der Waals surface area contributed by atoms with Gasteiger partial charge in [-0.15, -0.1) is 0 Å². The Hall–Kier alpha value is -4.09. The van der Waals surface area contributed by atoms with Gasteiger partial charge in [0.05, 0.1) is 13.2 Å². The predicted molar refractivity (Wildman–Crippen MR) is 142 cm³/mol. The molecule has 0 unspecified atom stereocenters. The van der Waals surface area contributed by atoms with Crippen molar-refractivity contribution >= 4 is 11.9 Å². The van der Waals surface area contributed by atoms with Crippen LogP contribution in [0.15, 0.2) is 48.5 Å². The lowest BCUT2D eigenvalue weighted by molar-refractivity contribution is -0.146. The fourth-order valence-corrected chi connectivity index (χ4v) is 4.24. The molecule has 9 nitrogen and oxygen atoms in total. The molecule has 0 saturated carbocycles. The summed E-state index contributed by atoms with van der Waals surface area (Å²) < 4.78 is 45.7. The van der Waals surface area contributed by atoms with Gasteiger partial charge in [0.1, 0.15) is 5.75 Å². The van der Waals surface area contributed by atoms with Gasteiger partial charge in [-0.25, -0.2) is 13.6 Å². The van der Waals surface area contributed by atoms with Gasteiger partial charge >= 0.3 is 5.97 Å². The average molecular weight is 556 g/mol. The lowest BCUT2D eigenvalue weighted by Crippen LogP contribution is -2.40. The molecule has 1 atom stereocenters. The summed E-state index contributed by atoms with van der Waals surface area (Å²) in [4.78, 5) is 30.4. The zero-order valence-corrected chi connectivity index (χ0v) is 22.2. The number of aliphatic carboxylic acids is 1. The highest BCUT2D eigenvalue weighted by molar-refractivity contribution is 5.96. The lowest BCUT2D eigenvalue weighted by atomic mass is 10.00. The highest BCUT2D eigenvalue weighted by Gasteiger charge is 2.26. The van der Waals surface area contributed by atoms with Crippen LogP contribution < -0.4 is 15.2 Å². The van der Waals surface area contributed by atoms with E-state index in [4.69, 9.17) is 19.9 Å². The Bertz CT molecular complexity index is 1380. The third-order valence-electron chi connectivity index (χ3n) is 6.24. The number of halogens is 2. The van der Waals surface area contributed by atoms with Gasteiger partial charge in [-0.2, -0.15) is 4.98 Å². The van der Waals surface area contributed by atoms with Gasteiger partial charge in [0.2, 0.25) is 0 Å². The Balaban J connectivity index is 1.72. The van der Waals surface area contributed by atoms with Crippen molar-refractivity contribution in [2.75, 3.05) is 26.3 Å². The summed E-state index contributed by atoms with van der Waals surface area (Å²) in [6.45, 7) is 5.54. The molecule has 1 amide bonds. The molecule has 2 aromatic carbocycles. The maximum Gasteiger partial charge on any atom is 0.344 e. The van der Waals surface area contributed by atoms with Crippen molar-refractivity contribution in [2.45, 2.75) is 32.9 Å². The number of nitrogens with two attached hydrogens (primary N) is 1. The largest absolute Gasteiger partial charge is 0.479 e. The van der Waals surface area contributed by atoms with Gasteiger partial charge in [0.25, 0.3) is 17.7 Å². The molecule has 1 saturated heterocycles. The highest BCUT2D eigenvalue weighted by Crippen LogP contribution is 2.33. The monoisotopic (exact) mass is 555 g/mol. The van der Waals surface area contributed by atoms with E-state index in [2.05, 4.69) is 4.98 Å². The highest BCUT2D eigenvalue weighted by atomic mass is 19.1. The number of amides is 1. The second kappa shape index (κ2) is 12.8. The van der Waals surface area contributed by atoms with Gasteiger partial charge in [0, 0.05) is 31.3 Å². The maximum absolute atomic E-state index is 14.8. The molecule has 1 aliphatic heterocycles. The van der Waals surface area contributed by atoms with E-state index in [1.165, 1.54) is 6.07 Å². The third kappa shape index (κ3) is 7.10. The van der Waals surface area contributed by atoms with E-state index >= 15 is 0 Å². The molecule has 1 aliphatic rings. The van der Waals surface area contributed by atoms with Gasteiger partial charge in [-0.1, -0.05) is 32.0 Å². The molecule has 3 N–H and O–H groups in total. The number of aromatic nitrogens is 1. The van der Waals surface area contributed by atoms with Gasteiger partial charge < -0.3 is 30.0 Å². The first-order chi connectivity index (χ1) is 19.1. The number of pyridine rings is 1. The number of rotatable bonds is 10. The number of hydrogen-bond acceptors (Lipinski definition) is 7. The Morgan fingerprint density at radius 1 is 1.05 bits per heavy atom. The summed E-state index contributed by atoms with van der Waals surface area (Å²) in [7, 11) is 0. The number of ether oxygens (including phenoxy) is 3. The molecule has 0 bridgehead atoms. The van der Waals surface area contributed by atoms with E-state index in [9.17, 15) is 23.5 Å². The van der Waals surface area contributed by atoms with Crippen LogP contribution in [0.25, 0.3) is 11.1 Å². The zero-order chi connectivity index (χ0) is 28.8. The Kier molecular flexibility index (Phi) is 9.28. The fraction of sp³-hybridized carbons (Fsp3) is 0.345. The molecule has 0 aliphatic carbocycles. The first-order valence-corrected chi connectivity index (χ1v) is 12.9. The van der Waals surface area contributed by atoms with E-state index < -0.39 is 35.5 Å². The maximum atomic E-state index is 14.8. The minimum atomic E-state index is -1.39. The summed E-state index contributed by atoms with van der Waals surface area (Å²) in [6.07, 6.45) is -1.31. The van der Waals surface area contributed by atoms with Crippen molar-refractivity contribution in [3.63, 3.8) is 0 Å². The van der Waals surface area contributed by atoms with Crippen LogP contribution in [0.2, 0.25) is 0 Å². The van der Waals surface area contributed by atoms with Crippen LogP contribution in [0.4, 0.5) is 8.78 Å². The summed E-state index contributed by atoms with van der Waals surface area (Å²) in [5.74, 6) is -5.22. The second-order valence-electron chi connectivity index (χ2n) is 9.79. The van der Waals surface area contributed by atoms with E-state index in [-0.39, 0.29) is 29.6 Å². The van der Waals surface area contributed by atoms with E-state index in [0.717, 1.165) is 11.1 Å². The van der Waals surface area contributed by atoms with Crippen LogP contribution in [0, 0.1) is 17.6 Å². The molecular weight excluding hydrogens is 524 g/mol. The Morgan fingerprint density at radius 3 is 2.45 bits per heavy atom. The minimum absolute atomic E-state index is 0.0631. The molecule has 11 heteroatoms. The van der Waals surface area contributed by atoms with Crippen molar-refractivity contribution in [1.82, 2.24) is 9.88 Å². The van der Waals surface area contributed by atoms with Gasteiger partial charge in [0.15, 0.2) is 17.7 Å². The van der Waals surface area contributed by atoms with E-state index in [0.29, 0.717) is 44.5 Å². The number of carboxylic acid groups (broad SMARTS) is 1. The predicted octanol–water partition coefficient (Wildman–Crippen LogP) is 4.63. The molecule has 1 fully saturated rings. The van der Waals surface area contributed by atoms with Crippen molar-refractivity contribution < 1.29 is 37.7 Å². The smallest absolute Gasteiger partial charge is 0.344 e. The number of hydrogen-bond donors (Lipinski definition) is 2. The van der Waals surface area contributed by atoms with E-state index in [1.54, 1.807) is 30.9 Å². The first kappa shape index (κ1) is 28.9. The minimum Gasteiger partial charge on any atom is -0.479 e. The van der Waals surface area contributed by atoms with Crippen molar-refractivity contribution in [3.05, 3.63) is 71.3 Å².